The number of hydrogen-bond acceptors (Lipinski definition) is 3. The van der Waals surface area contributed by atoms with Gasteiger partial charge in [-0.05, 0) is 31.4 Å². The standard InChI is InChI=1S/C22H23NO3/c1-15(18-11-6-7-13-20(18)25-3)23-22(24)16(2)26-21-14-8-10-17-9-4-5-12-19(17)21/h4-16H,1-3H3,(H,23,24)/t15-,16+/m0/s1. The number of benzene rings is 3. The van der Waals surface area contributed by atoms with E-state index in [9.17, 15) is 4.79 Å². The number of methoxy groups -OCH3 is 1. The molecule has 0 aromatic heterocycles. The summed E-state index contributed by atoms with van der Waals surface area (Å²) in [5.74, 6) is 1.29. The zero-order valence-electron chi connectivity index (χ0n) is 15.2. The van der Waals surface area contributed by atoms with Crippen LogP contribution >= 0.6 is 0 Å². The summed E-state index contributed by atoms with van der Waals surface area (Å²) in [4.78, 5) is 12.6. The number of nitrogens with one attached hydrogen (secondary N) is 1. The van der Waals surface area contributed by atoms with Crippen molar-refractivity contribution in [3.05, 3.63) is 72.3 Å². The lowest BCUT2D eigenvalue weighted by Crippen LogP contribution is -2.37. The molecule has 3 aromatic rings. The Kier molecular flexibility index (Phi) is 5.42. The Labute approximate surface area is 153 Å². The summed E-state index contributed by atoms with van der Waals surface area (Å²) in [5.41, 5.74) is 0.931. The predicted molar refractivity (Wildman–Crippen MR) is 104 cm³/mol. The highest BCUT2D eigenvalue weighted by Gasteiger charge is 2.20. The molecule has 0 heterocycles. The molecule has 134 valence electrons. The van der Waals surface area contributed by atoms with E-state index in [1.54, 1.807) is 14.0 Å². The van der Waals surface area contributed by atoms with Crippen LogP contribution in [0.2, 0.25) is 0 Å². The zero-order chi connectivity index (χ0) is 18.5. The van der Waals surface area contributed by atoms with Gasteiger partial charge in [-0.2, -0.15) is 0 Å². The Morgan fingerprint density at radius 3 is 2.35 bits per heavy atom. The topological polar surface area (TPSA) is 47.6 Å². The monoisotopic (exact) mass is 349 g/mol. The van der Waals surface area contributed by atoms with Gasteiger partial charge in [-0.3, -0.25) is 4.79 Å². The van der Waals surface area contributed by atoms with Gasteiger partial charge in [0.05, 0.1) is 13.2 Å². The van der Waals surface area contributed by atoms with Crippen LogP contribution in [0.5, 0.6) is 11.5 Å². The summed E-state index contributed by atoms with van der Waals surface area (Å²) < 4.78 is 11.3. The number of carbonyl (C=O) groups is 1. The molecule has 4 heteroatoms. The summed E-state index contributed by atoms with van der Waals surface area (Å²) in [6, 6.07) is 21.3. The number of amides is 1. The minimum atomic E-state index is -0.613. The summed E-state index contributed by atoms with van der Waals surface area (Å²) >= 11 is 0. The van der Waals surface area contributed by atoms with Crippen LogP contribution in [-0.2, 0) is 4.79 Å². The molecule has 0 unspecified atom stereocenters. The molecule has 0 aliphatic carbocycles. The number of fused-ring (bicyclic) bond motifs is 1. The van der Waals surface area contributed by atoms with E-state index < -0.39 is 6.10 Å². The molecular formula is C22H23NO3. The molecule has 0 saturated heterocycles. The first-order valence-corrected chi connectivity index (χ1v) is 8.68. The van der Waals surface area contributed by atoms with E-state index in [2.05, 4.69) is 5.32 Å². The molecule has 1 amide bonds. The summed E-state index contributed by atoms with van der Waals surface area (Å²) in [7, 11) is 1.62. The quantitative estimate of drug-likeness (QED) is 0.713. The first-order valence-electron chi connectivity index (χ1n) is 8.68. The van der Waals surface area contributed by atoms with Crippen molar-refractivity contribution in [2.24, 2.45) is 0 Å². The lowest BCUT2D eigenvalue weighted by atomic mass is 10.1. The molecule has 3 rings (SSSR count). The number of ether oxygens (including phenoxy) is 2. The van der Waals surface area contributed by atoms with Crippen LogP contribution in [0.1, 0.15) is 25.5 Å². The van der Waals surface area contributed by atoms with Crippen LogP contribution in [0.3, 0.4) is 0 Å². The lowest BCUT2D eigenvalue weighted by Gasteiger charge is -2.21. The van der Waals surface area contributed by atoms with Crippen LogP contribution in [0.15, 0.2) is 66.7 Å². The SMILES string of the molecule is COc1ccccc1[C@H](C)NC(=O)[C@@H](C)Oc1cccc2ccccc12. The van der Waals surface area contributed by atoms with Crippen molar-refractivity contribution in [2.75, 3.05) is 7.11 Å². The highest BCUT2D eigenvalue weighted by Crippen LogP contribution is 2.27. The second-order valence-electron chi connectivity index (χ2n) is 6.21. The number of para-hydroxylation sites is 1. The smallest absolute Gasteiger partial charge is 0.261 e. The minimum absolute atomic E-state index is 0.170. The predicted octanol–water partition coefficient (Wildman–Crippen LogP) is 4.49. The number of rotatable bonds is 6. The van der Waals surface area contributed by atoms with Crippen molar-refractivity contribution in [1.29, 1.82) is 0 Å². The normalized spacial score (nSPS) is 13.0. The van der Waals surface area contributed by atoms with Gasteiger partial charge in [0.15, 0.2) is 6.10 Å². The van der Waals surface area contributed by atoms with Gasteiger partial charge < -0.3 is 14.8 Å². The molecule has 4 nitrogen and oxygen atoms in total. The second kappa shape index (κ2) is 7.91. The van der Waals surface area contributed by atoms with Gasteiger partial charge in [0, 0.05) is 10.9 Å². The summed E-state index contributed by atoms with van der Waals surface area (Å²) in [5, 5.41) is 5.07. The third kappa shape index (κ3) is 3.80. The van der Waals surface area contributed by atoms with Gasteiger partial charge in [-0.25, -0.2) is 0 Å². The fraction of sp³-hybridized carbons (Fsp3) is 0.227. The number of carbonyl (C=O) groups excluding carboxylic acids is 1. The van der Waals surface area contributed by atoms with Gasteiger partial charge >= 0.3 is 0 Å². The highest BCUT2D eigenvalue weighted by molar-refractivity contribution is 5.89. The fourth-order valence-electron chi connectivity index (χ4n) is 2.98. The maximum absolute atomic E-state index is 12.6. The van der Waals surface area contributed by atoms with Crippen molar-refractivity contribution < 1.29 is 14.3 Å². The Hall–Kier alpha value is -3.01. The van der Waals surface area contributed by atoms with E-state index in [4.69, 9.17) is 9.47 Å². The molecule has 0 bridgehead atoms. The molecule has 1 N–H and O–H groups in total. The van der Waals surface area contributed by atoms with Crippen molar-refractivity contribution >= 4 is 16.7 Å². The molecule has 3 aromatic carbocycles. The zero-order valence-corrected chi connectivity index (χ0v) is 15.2. The van der Waals surface area contributed by atoms with Crippen LogP contribution in [-0.4, -0.2) is 19.1 Å². The highest BCUT2D eigenvalue weighted by atomic mass is 16.5. The molecule has 0 fully saturated rings. The van der Waals surface area contributed by atoms with Crippen LogP contribution in [0, 0.1) is 0 Å². The van der Waals surface area contributed by atoms with Gasteiger partial charge in [-0.15, -0.1) is 0 Å². The van der Waals surface area contributed by atoms with E-state index in [1.807, 2.05) is 73.7 Å². The summed E-state index contributed by atoms with van der Waals surface area (Å²) in [6.45, 7) is 3.69. The van der Waals surface area contributed by atoms with Crippen molar-refractivity contribution in [3.63, 3.8) is 0 Å². The molecule has 0 aliphatic heterocycles. The first kappa shape index (κ1) is 17.8. The first-order chi connectivity index (χ1) is 12.6. The molecule has 0 saturated carbocycles. The largest absolute Gasteiger partial charge is 0.496 e. The van der Waals surface area contributed by atoms with Gasteiger partial charge in [-0.1, -0.05) is 54.6 Å². The van der Waals surface area contributed by atoms with E-state index >= 15 is 0 Å². The number of hydrogen-bond donors (Lipinski definition) is 1. The summed E-state index contributed by atoms with van der Waals surface area (Å²) in [6.07, 6.45) is -0.613. The van der Waals surface area contributed by atoms with Crippen LogP contribution in [0.25, 0.3) is 10.8 Å². The lowest BCUT2D eigenvalue weighted by molar-refractivity contribution is -0.127. The Balaban J connectivity index is 1.71. The molecule has 0 spiro atoms. The molecule has 26 heavy (non-hydrogen) atoms. The van der Waals surface area contributed by atoms with Gasteiger partial charge in [0.25, 0.3) is 5.91 Å². The van der Waals surface area contributed by atoms with E-state index in [1.165, 1.54) is 0 Å². The van der Waals surface area contributed by atoms with Crippen molar-refractivity contribution in [2.45, 2.75) is 26.0 Å². The maximum atomic E-state index is 12.6. The van der Waals surface area contributed by atoms with E-state index in [0.717, 1.165) is 22.1 Å². The third-order valence-corrected chi connectivity index (χ3v) is 4.39. The van der Waals surface area contributed by atoms with Crippen LogP contribution < -0.4 is 14.8 Å². The molecular weight excluding hydrogens is 326 g/mol. The molecule has 0 aliphatic rings. The van der Waals surface area contributed by atoms with Crippen LogP contribution in [0.4, 0.5) is 0 Å². The Bertz CT molecular complexity index is 901. The molecule has 0 radical (unpaired) electrons. The average molecular weight is 349 g/mol. The van der Waals surface area contributed by atoms with Crippen molar-refractivity contribution in [1.82, 2.24) is 5.32 Å². The second-order valence-corrected chi connectivity index (χ2v) is 6.21. The van der Waals surface area contributed by atoms with Gasteiger partial charge in [0.1, 0.15) is 11.5 Å². The van der Waals surface area contributed by atoms with Gasteiger partial charge in [0.2, 0.25) is 0 Å². The maximum Gasteiger partial charge on any atom is 0.261 e. The fourth-order valence-corrected chi connectivity index (χ4v) is 2.98. The third-order valence-electron chi connectivity index (χ3n) is 4.39. The average Bonchev–Trinajstić information content (AvgIpc) is 2.68. The Morgan fingerprint density at radius 2 is 1.54 bits per heavy atom. The van der Waals surface area contributed by atoms with Crippen molar-refractivity contribution in [3.8, 4) is 11.5 Å². The van der Waals surface area contributed by atoms with E-state index in [-0.39, 0.29) is 11.9 Å². The Morgan fingerprint density at radius 1 is 0.885 bits per heavy atom. The minimum Gasteiger partial charge on any atom is -0.496 e. The van der Waals surface area contributed by atoms with E-state index in [0.29, 0.717) is 5.75 Å². The molecule has 2 atom stereocenters.